The first-order valence-corrected chi connectivity index (χ1v) is 12.8. The Labute approximate surface area is 186 Å². The van der Waals surface area contributed by atoms with Gasteiger partial charge in [0.05, 0.1) is 10.6 Å². The topological polar surface area (TPSA) is 95.6 Å². The Hall–Kier alpha value is -2.36. The van der Waals surface area contributed by atoms with Gasteiger partial charge < -0.3 is 10.6 Å². The van der Waals surface area contributed by atoms with Gasteiger partial charge in [0.1, 0.15) is 0 Å². The average Bonchev–Trinajstić information content (AvgIpc) is 2.98. The monoisotopic (exact) mass is 459 g/mol. The molecule has 0 unspecified atom stereocenters. The van der Waals surface area contributed by atoms with Gasteiger partial charge in [0.25, 0.3) is 5.91 Å². The van der Waals surface area contributed by atoms with Crippen LogP contribution in [0.25, 0.3) is 0 Å². The van der Waals surface area contributed by atoms with Crippen LogP contribution in [0.2, 0.25) is 0 Å². The van der Waals surface area contributed by atoms with E-state index in [2.05, 4.69) is 10.6 Å². The Balaban J connectivity index is 1.31. The smallest absolute Gasteiger partial charge is 0.251 e. The number of hydrogen-bond acceptors (Lipinski definition) is 5. The molecule has 2 amide bonds. The minimum atomic E-state index is -3.47. The van der Waals surface area contributed by atoms with E-state index in [1.807, 2.05) is 6.07 Å². The summed E-state index contributed by atoms with van der Waals surface area (Å²) in [6, 6.07) is 13.8. The van der Waals surface area contributed by atoms with E-state index in [4.69, 9.17) is 0 Å². The first kappa shape index (κ1) is 21.9. The SMILES string of the molecule is O=C1CCSc2ccc(C(=O)NCC3CCN(S(=O)(=O)c4ccccc4)CC3)cc2N1. The Morgan fingerprint density at radius 1 is 1.13 bits per heavy atom. The highest BCUT2D eigenvalue weighted by Crippen LogP contribution is 2.31. The molecule has 7 nitrogen and oxygen atoms in total. The molecule has 0 aromatic heterocycles. The van der Waals surface area contributed by atoms with Gasteiger partial charge in [-0.3, -0.25) is 9.59 Å². The predicted molar refractivity (Wildman–Crippen MR) is 121 cm³/mol. The molecule has 2 aromatic rings. The number of fused-ring (bicyclic) bond motifs is 1. The normalized spacial score (nSPS) is 18.0. The van der Waals surface area contributed by atoms with Crippen LogP contribution in [0.3, 0.4) is 0 Å². The van der Waals surface area contributed by atoms with Crippen LogP contribution in [0.5, 0.6) is 0 Å². The van der Waals surface area contributed by atoms with E-state index in [-0.39, 0.29) is 17.7 Å². The van der Waals surface area contributed by atoms with Crippen molar-refractivity contribution < 1.29 is 18.0 Å². The number of amides is 2. The summed E-state index contributed by atoms with van der Waals surface area (Å²) in [6.07, 6.45) is 1.85. The molecule has 1 saturated heterocycles. The Kier molecular flexibility index (Phi) is 6.64. The van der Waals surface area contributed by atoms with Gasteiger partial charge in [-0.2, -0.15) is 4.31 Å². The lowest BCUT2D eigenvalue weighted by molar-refractivity contribution is -0.115. The molecule has 31 heavy (non-hydrogen) atoms. The fourth-order valence-corrected chi connectivity index (χ4v) is 6.22. The number of rotatable bonds is 5. The van der Waals surface area contributed by atoms with Crippen LogP contribution in [0, 0.1) is 5.92 Å². The maximum absolute atomic E-state index is 12.7. The van der Waals surface area contributed by atoms with Crippen molar-refractivity contribution in [3.63, 3.8) is 0 Å². The molecule has 164 valence electrons. The van der Waals surface area contributed by atoms with E-state index in [1.54, 1.807) is 54.2 Å². The lowest BCUT2D eigenvalue weighted by atomic mass is 9.98. The molecule has 0 bridgehead atoms. The van der Waals surface area contributed by atoms with Crippen LogP contribution < -0.4 is 10.6 Å². The van der Waals surface area contributed by atoms with Crippen LogP contribution >= 0.6 is 11.8 Å². The molecule has 0 atom stereocenters. The second kappa shape index (κ2) is 9.42. The van der Waals surface area contributed by atoms with E-state index in [9.17, 15) is 18.0 Å². The summed E-state index contributed by atoms with van der Waals surface area (Å²) >= 11 is 1.60. The third-order valence-corrected chi connectivity index (χ3v) is 8.60. The van der Waals surface area contributed by atoms with E-state index < -0.39 is 10.0 Å². The summed E-state index contributed by atoms with van der Waals surface area (Å²) in [7, 11) is -3.47. The summed E-state index contributed by atoms with van der Waals surface area (Å²) in [5.41, 5.74) is 1.19. The van der Waals surface area contributed by atoms with Crippen molar-refractivity contribution in [1.29, 1.82) is 0 Å². The maximum Gasteiger partial charge on any atom is 0.251 e. The molecule has 2 aromatic carbocycles. The van der Waals surface area contributed by atoms with Gasteiger partial charge in [-0.05, 0) is 49.1 Å². The van der Waals surface area contributed by atoms with Crippen LogP contribution in [0.15, 0.2) is 58.3 Å². The number of thioether (sulfide) groups is 1. The highest BCUT2D eigenvalue weighted by molar-refractivity contribution is 7.99. The Morgan fingerprint density at radius 3 is 2.61 bits per heavy atom. The quantitative estimate of drug-likeness (QED) is 0.717. The lowest BCUT2D eigenvalue weighted by Gasteiger charge is -2.31. The summed E-state index contributed by atoms with van der Waals surface area (Å²) in [6.45, 7) is 1.38. The van der Waals surface area contributed by atoms with E-state index in [0.717, 1.165) is 10.6 Å². The maximum atomic E-state index is 12.7. The van der Waals surface area contributed by atoms with Crippen molar-refractivity contribution in [2.24, 2.45) is 5.92 Å². The number of carbonyl (C=O) groups excluding carboxylic acids is 2. The van der Waals surface area contributed by atoms with Crippen LogP contribution in [0.1, 0.15) is 29.6 Å². The van der Waals surface area contributed by atoms with E-state index >= 15 is 0 Å². The second-order valence-corrected chi connectivity index (χ2v) is 10.8. The Bertz CT molecular complexity index is 1070. The number of hydrogen-bond donors (Lipinski definition) is 2. The molecule has 2 heterocycles. The number of carbonyl (C=O) groups is 2. The average molecular weight is 460 g/mol. The zero-order chi connectivity index (χ0) is 21.8. The molecule has 4 rings (SSSR count). The molecular formula is C22H25N3O4S2. The standard InChI is InChI=1S/C22H25N3O4S2/c26-21-10-13-30-20-7-6-17(14-19(20)24-21)22(27)23-15-16-8-11-25(12-9-16)31(28,29)18-4-2-1-3-5-18/h1-7,14,16H,8-13,15H2,(H,23,27)(H,24,26). The van der Waals surface area contributed by atoms with Gasteiger partial charge in [-0.25, -0.2) is 8.42 Å². The van der Waals surface area contributed by atoms with Crippen molar-refractivity contribution >= 4 is 39.3 Å². The third kappa shape index (κ3) is 5.11. The molecule has 0 aliphatic carbocycles. The van der Waals surface area contributed by atoms with Crippen molar-refractivity contribution in [2.45, 2.75) is 29.1 Å². The molecule has 2 N–H and O–H groups in total. The number of nitrogens with zero attached hydrogens (tertiary/aromatic N) is 1. The van der Waals surface area contributed by atoms with Gasteiger partial charge in [0.2, 0.25) is 15.9 Å². The summed E-state index contributed by atoms with van der Waals surface area (Å²) in [5.74, 6) is 0.720. The number of sulfonamides is 1. The number of piperidine rings is 1. The number of benzene rings is 2. The van der Waals surface area contributed by atoms with Crippen LogP contribution in [-0.4, -0.2) is 49.9 Å². The van der Waals surface area contributed by atoms with E-state index in [0.29, 0.717) is 55.0 Å². The fraction of sp³-hybridized carbons (Fsp3) is 0.364. The molecule has 0 radical (unpaired) electrons. The van der Waals surface area contributed by atoms with Crippen molar-refractivity contribution in [2.75, 3.05) is 30.7 Å². The molecule has 9 heteroatoms. The zero-order valence-corrected chi connectivity index (χ0v) is 18.7. The largest absolute Gasteiger partial charge is 0.352 e. The summed E-state index contributed by atoms with van der Waals surface area (Å²) in [5, 5.41) is 5.81. The molecule has 2 aliphatic heterocycles. The van der Waals surface area contributed by atoms with Crippen LogP contribution in [0.4, 0.5) is 5.69 Å². The molecule has 1 fully saturated rings. The van der Waals surface area contributed by atoms with Crippen molar-refractivity contribution in [1.82, 2.24) is 9.62 Å². The van der Waals surface area contributed by atoms with Gasteiger partial charge in [0, 0.05) is 42.3 Å². The third-order valence-electron chi connectivity index (χ3n) is 5.61. The van der Waals surface area contributed by atoms with Gasteiger partial charge in [-0.1, -0.05) is 18.2 Å². The lowest BCUT2D eigenvalue weighted by Crippen LogP contribution is -2.41. The van der Waals surface area contributed by atoms with Gasteiger partial charge in [-0.15, -0.1) is 11.8 Å². The number of nitrogens with one attached hydrogen (secondary N) is 2. The van der Waals surface area contributed by atoms with Crippen molar-refractivity contribution in [3.8, 4) is 0 Å². The minimum Gasteiger partial charge on any atom is -0.352 e. The second-order valence-electron chi connectivity index (χ2n) is 7.73. The first-order chi connectivity index (χ1) is 14.9. The molecule has 0 saturated carbocycles. The molecule has 0 spiro atoms. The molecular weight excluding hydrogens is 434 g/mol. The van der Waals surface area contributed by atoms with E-state index in [1.165, 1.54) is 4.31 Å². The summed E-state index contributed by atoms with van der Waals surface area (Å²) < 4.78 is 27.0. The minimum absolute atomic E-state index is 0.0407. The highest BCUT2D eigenvalue weighted by Gasteiger charge is 2.29. The summed E-state index contributed by atoms with van der Waals surface area (Å²) in [4.78, 5) is 25.7. The van der Waals surface area contributed by atoms with Crippen LogP contribution in [-0.2, 0) is 14.8 Å². The van der Waals surface area contributed by atoms with Gasteiger partial charge >= 0.3 is 0 Å². The van der Waals surface area contributed by atoms with Crippen molar-refractivity contribution in [3.05, 3.63) is 54.1 Å². The van der Waals surface area contributed by atoms with Gasteiger partial charge in [0.15, 0.2) is 0 Å². The first-order valence-electron chi connectivity index (χ1n) is 10.3. The zero-order valence-electron chi connectivity index (χ0n) is 17.0. The number of anilines is 1. The fourth-order valence-electron chi connectivity index (χ4n) is 3.80. The highest BCUT2D eigenvalue weighted by atomic mass is 32.2. The predicted octanol–water partition coefficient (Wildman–Crippen LogP) is 2.95. The molecule has 2 aliphatic rings. The Morgan fingerprint density at radius 2 is 1.87 bits per heavy atom.